The average Bonchev–Trinajstić information content (AvgIpc) is 2.39. The van der Waals surface area contributed by atoms with E-state index in [0.29, 0.717) is 11.9 Å². The fourth-order valence-electron chi connectivity index (χ4n) is 2.95. The summed E-state index contributed by atoms with van der Waals surface area (Å²) < 4.78 is 0. The van der Waals surface area contributed by atoms with E-state index in [9.17, 15) is 4.79 Å². The molecule has 2 aliphatic heterocycles. The van der Waals surface area contributed by atoms with Crippen LogP contribution in [0.25, 0.3) is 0 Å². The van der Waals surface area contributed by atoms with Crippen LogP contribution < -0.4 is 5.32 Å². The van der Waals surface area contributed by atoms with E-state index in [1.54, 1.807) is 0 Å². The van der Waals surface area contributed by atoms with Crippen molar-refractivity contribution in [3.8, 4) is 0 Å². The molecule has 0 radical (unpaired) electrons. The first-order valence-electron chi connectivity index (χ1n) is 6.98. The van der Waals surface area contributed by atoms with E-state index in [1.807, 2.05) is 0 Å². The van der Waals surface area contributed by atoms with Gasteiger partial charge >= 0.3 is 0 Å². The molecule has 1 N–H and O–H groups in total. The zero-order chi connectivity index (χ0) is 12.3. The molecule has 0 spiro atoms. The van der Waals surface area contributed by atoms with Crippen LogP contribution in [0, 0.1) is 0 Å². The summed E-state index contributed by atoms with van der Waals surface area (Å²) in [6.45, 7) is 9.32. The smallest absolute Gasteiger partial charge is 0.239 e. The minimum absolute atomic E-state index is 0.0872. The van der Waals surface area contributed by atoms with Crippen LogP contribution in [0.4, 0.5) is 0 Å². The van der Waals surface area contributed by atoms with Gasteiger partial charge in [0, 0.05) is 25.7 Å². The molecule has 2 heterocycles. The van der Waals surface area contributed by atoms with E-state index in [-0.39, 0.29) is 6.04 Å². The molecule has 0 aromatic rings. The summed E-state index contributed by atoms with van der Waals surface area (Å²) in [5.74, 6) is 0.326. The van der Waals surface area contributed by atoms with E-state index in [4.69, 9.17) is 0 Å². The Bertz CT molecular complexity index is 263. The summed E-state index contributed by atoms with van der Waals surface area (Å²) in [5, 5.41) is 3.35. The maximum atomic E-state index is 12.3. The van der Waals surface area contributed by atoms with Crippen molar-refractivity contribution in [1.82, 2.24) is 15.1 Å². The SMILES string of the molecule is CCN1CCN(C(=O)[C@H]2CCCCN2)CC1C. The molecule has 2 aliphatic rings. The Balaban J connectivity index is 1.87. The predicted molar refractivity (Wildman–Crippen MR) is 68.9 cm³/mol. The summed E-state index contributed by atoms with van der Waals surface area (Å²) in [6, 6.07) is 0.588. The fraction of sp³-hybridized carbons (Fsp3) is 0.923. The van der Waals surface area contributed by atoms with Gasteiger partial charge in [0.25, 0.3) is 0 Å². The third kappa shape index (κ3) is 2.99. The summed E-state index contributed by atoms with van der Waals surface area (Å²) >= 11 is 0. The molecule has 1 unspecified atom stereocenters. The Morgan fingerprint density at radius 3 is 2.76 bits per heavy atom. The minimum Gasteiger partial charge on any atom is -0.339 e. The number of piperidine rings is 1. The van der Waals surface area contributed by atoms with Gasteiger partial charge in [-0.05, 0) is 32.9 Å². The molecule has 0 aromatic heterocycles. The molecule has 2 fully saturated rings. The number of piperazine rings is 1. The Hall–Kier alpha value is -0.610. The first-order chi connectivity index (χ1) is 8.22. The van der Waals surface area contributed by atoms with Crippen LogP contribution in [0.1, 0.15) is 33.1 Å². The number of likely N-dealkylation sites (N-methyl/N-ethyl adjacent to an activating group) is 1. The molecule has 2 atom stereocenters. The van der Waals surface area contributed by atoms with Crippen LogP contribution in [0.3, 0.4) is 0 Å². The molecule has 0 aromatic carbocycles. The van der Waals surface area contributed by atoms with Gasteiger partial charge in [-0.15, -0.1) is 0 Å². The van der Waals surface area contributed by atoms with Crippen molar-refractivity contribution in [1.29, 1.82) is 0 Å². The highest BCUT2D eigenvalue weighted by Gasteiger charge is 2.30. The van der Waals surface area contributed by atoms with E-state index < -0.39 is 0 Å². The van der Waals surface area contributed by atoms with Crippen molar-refractivity contribution >= 4 is 5.91 Å². The maximum absolute atomic E-state index is 12.3. The first-order valence-corrected chi connectivity index (χ1v) is 6.98. The molecule has 0 bridgehead atoms. The van der Waals surface area contributed by atoms with Crippen molar-refractivity contribution < 1.29 is 4.79 Å². The van der Waals surface area contributed by atoms with Gasteiger partial charge in [0.2, 0.25) is 5.91 Å². The number of hydrogen-bond donors (Lipinski definition) is 1. The number of nitrogens with zero attached hydrogens (tertiary/aromatic N) is 2. The summed E-state index contributed by atoms with van der Waals surface area (Å²) in [6.07, 6.45) is 3.42. The molecule has 2 rings (SSSR count). The normalized spacial score (nSPS) is 31.5. The van der Waals surface area contributed by atoms with Gasteiger partial charge in [0.1, 0.15) is 0 Å². The predicted octanol–water partition coefficient (Wildman–Crippen LogP) is 0.681. The number of hydrogen-bond acceptors (Lipinski definition) is 3. The summed E-state index contributed by atoms with van der Waals surface area (Å²) in [5.41, 5.74) is 0. The highest BCUT2D eigenvalue weighted by molar-refractivity contribution is 5.82. The Labute approximate surface area is 104 Å². The third-order valence-electron chi connectivity index (χ3n) is 4.09. The van der Waals surface area contributed by atoms with Crippen molar-refractivity contribution in [2.75, 3.05) is 32.7 Å². The lowest BCUT2D eigenvalue weighted by molar-refractivity contribution is -0.136. The number of carbonyl (C=O) groups excluding carboxylic acids is 1. The zero-order valence-corrected chi connectivity index (χ0v) is 11.1. The standard InChI is InChI=1S/C13H25N3O/c1-3-15-8-9-16(10-11(15)2)13(17)12-6-4-5-7-14-12/h11-12,14H,3-10H2,1-2H3/t11?,12-/m1/s1. The molecule has 17 heavy (non-hydrogen) atoms. The van der Waals surface area contributed by atoms with Crippen LogP contribution in [0.15, 0.2) is 0 Å². The van der Waals surface area contributed by atoms with Gasteiger partial charge in [0.15, 0.2) is 0 Å². The van der Waals surface area contributed by atoms with Crippen molar-refractivity contribution in [2.45, 2.75) is 45.2 Å². The van der Waals surface area contributed by atoms with E-state index in [0.717, 1.165) is 39.1 Å². The maximum Gasteiger partial charge on any atom is 0.239 e. The largest absolute Gasteiger partial charge is 0.339 e. The van der Waals surface area contributed by atoms with Gasteiger partial charge in [-0.2, -0.15) is 0 Å². The lowest BCUT2D eigenvalue weighted by atomic mass is 10.0. The van der Waals surface area contributed by atoms with Gasteiger partial charge in [0.05, 0.1) is 6.04 Å². The molecule has 0 aliphatic carbocycles. The Morgan fingerprint density at radius 2 is 2.18 bits per heavy atom. The topological polar surface area (TPSA) is 35.6 Å². The van der Waals surface area contributed by atoms with E-state index >= 15 is 0 Å². The summed E-state index contributed by atoms with van der Waals surface area (Å²) in [7, 11) is 0. The molecule has 1 amide bonds. The second-order valence-electron chi connectivity index (χ2n) is 5.26. The molecule has 4 heteroatoms. The summed E-state index contributed by atoms with van der Waals surface area (Å²) in [4.78, 5) is 16.8. The van der Waals surface area contributed by atoms with Gasteiger partial charge in [-0.3, -0.25) is 9.69 Å². The molecule has 2 saturated heterocycles. The van der Waals surface area contributed by atoms with Crippen LogP contribution in [-0.2, 0) is 4.79 Å². The van der Waals surface area contributed by atoms with Crippen LogP contribution in [0.2, 0.25) is 0 Å². The van der Waals surface area contributed by atoms with Crippen molar-refractivity contribution in [3.63, 3.8) is 0 Å². The third-order valence-corrected chi connectivity index (χ3v) is 4.09. The second-order valence-corrected chi connectivity index (χ2v) is 5.26. The lowest BCUT2D eigenvalue weighted by Gasteiger charge is -2.41. The van der Waals surface area contributed by atoms with Crippen molar-refractivity contribution in [3.05, 3.63) is 0 Å². The van der Waals surface area contributed by atoms with Gasteiger partial charge in [-0.1, -0.05) is 13.3 Å². The van der Waals surface area contributed by atoms with Crippen LogP contribution in [0.5, 0.6) is 0 Å². The molecule has 4 nitrogen and oxygen atoms in total. The highest BCUT2D eigenvalue weighted by Crippen LogP contribution is 2.14. The Morgan fingerprint density at radius 1 is 1.35 bits per heavy atom. The second kappa shape index (κ2) is 5.83. The lowest BCUT2D eigenvalue weighted by Crippen LogP contribution is -2.57. The number of carbonyl (C=O) groups is 1. The molecule has 98 valence electrons. The van der Waals surface area contributed by atoms with E-state index in [1.165, 1.54) is 12.8 Å². The van der Waals surface area contributed by atoms with Crippen molar-refractivity contribution in [2.24, 2.45) is 0 Å². The minimum atomic E-state index is 0.0872. The van der Waals surface area contributed by atoms with Crippen LogP contribution >= 0.6 is 0 Å². The molecule has 0 saturated carbocycles. The number of nitrogens with one attached hydrogen (secondary N) is 1. The monoisotopic (exact) mass is 239 g/mol. The zero-order valence-electron chi connectivity index (χ0n) is 11.1. The fourth-order valence-corrected chi connectivity index (χ4v) is 2.95. The molecular formula is C13H25N3O. The first kappa shape index (κ1) is 12.8. The van der Waals surface area contributed by atoms with Gasteiger partial charge in [-0.25, -0.2) is 0 Å². The van der Waals surface area contributed by atoms with Crippen LogP contribution in [-0.4, -0.2) is 60.5 Å². The molecular weight excluding hydrogens is 214 g/mol. The average molecular weight is 239 g/mol. The van der Waals surface area contributed by atoms with Gasteiger partial charge < -0.3 is 10.2 Å². The number of rotatable bonds is 2. The highest BCUT2D eigenvalue weighted by atomic mass is 16.2. The Kier molecular flexibility index (Phi) is 4.40. The number of amides is 1. The quantitative estimate of drug-likeness (QED) is 0.770. The van der Waals surface area contributed by atoms with E-state index in [2.05, 4.69) is 29.0 Å².